The molecule has 2 aliphatic heterocycles. The molecule has 168 valence electrons. The summed E-state index contributed by atoms with van der Waals surface area (Å²) in [5.41, 5.74) is 2.00. The van der Waals surface area contributed by atoms with Crippen molar-refractivity contribution in [1.82, 2.24) is 14.3 Å². The quantitative estimate of drug-likeness (QED) is 0.422. The van der Waals surface area contributed by atoms with Gasteiger partial charge in [0.25, 0.3) is 11.5 Å². The lowest BCUT2D eigenvalue weighted by Crippen LogP contribution is -2.47. The number of rotatable bonds is 4. The van der Waals surface area contributed by atoms with Gasteiger partial charge in [0.2, 0.25) is 0 Å². The van der Waals surface area contributed by atoms with Gasteiger partial charge in [-0.3, -0.25) is 18.9 Å². The number of carbonyl (C=O) groups excluding carboxylic acids is 1. The molecule has 1 aromatic carbocycles. The summed E-state index contributed by atoms with van der Waals surface area (Å²) >= 11 is 6.58. The van der Waals surface area contributed by atoms with Gasteiger partial charge >= 0.3 is 0 Å². The van der Waals surface area contributed by atoms with E-state index in [1.807, 2.05) is 37.3 Å². The number of benzene rings is 1. The molecule has 0 bridgehead atoms. The van der Waals surface area contributed by atoms with Crippen LogP contribution in [0.25, 0.3) is 11.7 Å². The summed E-state index contributed by atoms with van der Waals surface area (Å²) in [6.45, 7) is 5.47. The van der Waals surface area contributed by atoms with Gasteiger partial charge < -0.3 is 9.80 Å². The van der Waals surface area contributed by atoms with Crippen LogP contribution in [0.1, 0.15) is 12.5 Å². The Morgan fingerprint density at radius 3 is 2.39 bits per heavy atom. The summed E-state index contributed by atoms with van der Waals surface area (Å²) in [6, 6.07) is 15.8. The molecule has 0 N–H and O–H groups in total. The average molecular weight is 478 g/mol. The molecule has 0 atom stereocenters. The lowest BCUT2D eigenvalue weighted by Gasteiger charge is -2.37. The van der Waals surface area contributed by atoms with E-state index in [0.717, 1.165) is 26.2 Å². The normalized spacial score (nSPS) is 18.1. The predicted molar refractivity (Wildman–Crippen MR) is 138 cm³/mol. The third-order valence-corrected chi connectivity index (χ3v) is 7.29. The molecular weight excluding hydrogens is 454 g/mol. The summed E-state index contributed by atoms with van der Waals surface area (Å²) in [5.74, 6) is 0.450. The number of anilines is 2. The van der Waals surface area contributed by atoms with E-state index in [-0.39, 0.29) is 11.5 Å². The topological polar surface area (TPSA) is 61.2 Å². The highest BCUT2D eigenvalue weighted by molar-refractivity contribution is 8.26. The number of amides is 1. The van der Waals surface area contributed by atoms with Crippen LogP contribution in [-0.4, -0.2) is 57.2 Å². The fourth-order valence-electron chi connectivity index (χ4n) is 4.18. The van der Waals surface area contributed by atoms with E-state index >= 15 is 0 Å². The number of thiocarbonyl (C=S) groups is 1. The Morgan fingerprint density at radius 1 is 1.00 bits per heavy atom. The van der Waals surface area contributed by atoms with Crippen LogP contribution in [0.5, 0.6) is 0 Å². The number of nitrogens with zero attached hydrogens (tertiary/aromatic N) is 5. The monoisotopic (exact) mass is 477 g/mol. The number of likely N-dealkylation sites (N-methyl/N-ethyl adjacent to an activating group) is 1. The van der Waals surface area contributed by atoms with Gasteiger partial charge in [0.15, 0.2) is 0 Å². The van der Waals surface area contributed by atoms with Crippen LogP contribution in [-0.2, 0) is 4.79 Å². The van der Waals surface area contributed by atoms with Gasteiger partial charge in [-0.25, -0.2) is 4.98 Å². The Labute approximate surface area is 201 Å². The second-order valence-electron chi connectivity index (χ2n) is 7.82. The number of hydrogen-bond acceptors (Lipinski definition) is 7. The molecule has 2 aliphatic rings. The molecule has 0 aliphatic carbocycles. The van der Waals surface area contributed by atoms with E-state index in [1.165, 1.54) is 21.8 Å². The molecule has 0 unspecified atom stereocenters. The number of hydrogen-bond donors (Lipinski definition) is 0. The van der Waals surface area contributed by atoms with Crippen molar-refractivity contribution < 1.29 is 4.79 Å². The molecule has 9 heteroatoms. The van der Waals surface area contributed by atoms with Gasteiger partial charge in [0.1, 0.15) is 15.8 Å². The first-order valence-electron chi connectivity index (χ1n) is 10.9. The third-order valence-electron chi connectivity index (χ3n) is 5.91. The standard InChI is InChI=1S/C24H23N5O2S2/c1-2-28-23(31)19(33-24(28)32)16-18-21(25-20-10-6-7-11-29(20)22(18)30)27-14-12-26(13-15-27)17-8-4-3-5-9-17/h3-11,16H,2,12-15H2,1H3/b19-16-. The zero-order chi connectivity index (χ0) is 22.9. The van der Waals surface area contributed by atoms with Crippen LogP contribution >= 0.6 is 24.0 Å². The minimum absolute atomic E-state index is 0.162. The van der Waals surface area contributed by atoms with Crippen molar-refractivity contribution in [1.29, 1.82) is 0 Å². The van der Waals surface area contributed by atoms with Crippen molar-refractivity contribution in [2.75, 3.05) is 42.5 Å². The van der Waals surface area contributed by atoms with Gasteiger partial charge in [-0.15, -0.1) is 0 Å². The fourth-order valence-corrected chi connectivity index (χ4v) is 5.54. The molecule has 2 aromatic heterocycles. The SMILES string of the molecule is CCN1C(=O)/C(=C/c2c(N3CCN(c4ccccc4)CC3)nc3ccccn3c2=O)SC1=S. The summed E-state index contributed by atoms with van der Waals surface area (Å²) in [5, 5.41) is 0. The lowest BCUT2D eigenvalue weighted by atomic mass is 10.2. The van der Waals surface area contributed by atoms with Gasteiger partial charge in [-0.2, -0.15) is 0 Å². The molecule has 33 heavy (non-hydrogen) atoms. The highest BCUT2D eigenvalue weighted by Gasteiger charge is 2.32. The molecule has 1 amide bonds. The number of para-hydroxylation sites is 1. The van der Waals surface area contributed by atoms with Crippen molar-refractivity contribution in [3.63, 3.8) is 0 Å². The smallest absolute Gasteiger partial charge is 0.267 e. The van der Waals surface area contributed by atoms with Crippen molar-refractivity contribution in [3.05, 3.63) is 75.6 Å². The molecule has 5 rings (SSSR count). The van der Waals surface area contributed by atoms with Crippen molar-refractivity contribution >= 4 is 57.4 Å². The van der Waals surface area contributed by atoms with E-state index in [9.17, 15) is 9.59 Å². The van der Waals surface area contributed by atoms with Crippen LogP contribution in [0.4, 0.5) is 11.5 Å². The van der Waals surface area contributed by atoms with Crippen molar-refractivity contribution in [2.45, 2.75) is 6.92 Å². The summed E-state index contributed by atoms with van der Waals surface area (Å²) in [4.78, 5) is 37.6. The molecule has 3 aromatic rings. The number of piperazine rings is 1. The summed E-state index contributed by atoms with van der Waals surface area (Å²) in [7, 11) is 0. The van der Waals surface area contributed by atoms with Crippen LogP contribution in [0.2, 0.25) is 0 Å². The zero-order valence-electron chi connectivity index (χ0n) is 18.2. The Hall–Kier alpha value is -3.17. The first-order chi connectivity index (χ1) is 16.1. The minimum Gasteiger partial charge on any atom is -0.368 e. The number of thioether (sulfide) groups is 1. The predicted octanol–water partition coefficient (Wildman–Crippen LogP) is 3.24. The Bertz CT molecular complexity index is 1310. The van der Waals surface area contributed by atoms with E-state index in [1.54, 1.807) is 23.2 Å². The third kappa shape index (κ3) is 4.02. The van der Waals surface area contributed by atoms with E-state index in [0.29, 0.717) is 32.8 Å². The average Bonchev–Trinajstić information content (AvgIpc) is 3.13. The number of aromatic nitrogens is 2. The van der Waals surface area contributed by atoms with E-state index in [4.69, 9.17) is 17.2 Å². The van der Waals surface area contributed by atoms with Crippen LogP contribution < -0.4 is 15.4 Å². The molecule has 4 heterocycles. The van der Waals surface area contributed by atoms with E-state index < -0.39 is 0 Å². The highest BCUT2D eigenvalue weighted by atomic mass is 32.2. The molecular formula is C24H23N5O2S2. The fraction of sp³-hybridized carbons (Fsp3) is 0.250. The van der Waals surface area contributed by atoms with Crippen LogP contribution in [0.15, 0.2) is 64.4 Å². The van der Waals surface area contributed by atoms with Crippen LogP contribution in [0, 0.1) is 0 Å². The molecule has 0 spiro atoms. The lowest BCUT2D eigenvalue weighted by molar-refractivity contribution is -0.121. The Morgan fingerprint density at radius 2 is 1.70 bits per heavy atom. The summed E-state index contributed by atoms with van der Waals surface area (Å²) in [6.07, 6.45) is 3.37. The molecule has 0 saturated carbocycles. The maximum absolute atomic E-state index is 13.5. The minimum atomic E-state index is -0.192. The van der Waals surface area contributed by atoms with Gasteiger partial charge in [-0.1, -0.05) is 48.2 Å². The molecule has 7 nitrogen and oxygen atoms in total. The van der Waals surface area contributed by atoms with Gasteiger partial charge in [0, 0.05) is 44.6 Å². The zero-order valence-corrected chi connectivity index (χ0v) is 19.8. The van der Waals surface area contributed by atoms with E-state index in [2.05, 4.69) is 21.9 Å². The molecule has 2 fully saturated rings. The summed E-state index contributed by atoms with van der Waals surface area (Å²) < 4.78 is 2.04. The maximum Gasteiger partial charge on any atom is 0.267 e. The van der Waals surface area contributed by atoms with Gasteiger partial charge in [0.05, 0.1) is 10.5 Å². The number of carbonyl (C=O) groups is 1. The maximum atomic E-state index is 13.5. The Balaban J connectivity index is 1.54. The van der Waals surface area contributed by atoms with Crippen molar-refractivity contribution in [2.24, 2.45) is 0 Å². The second-order valence-corrected chi connectivity index (χ2v) is 9.49. The number of fused-ring (bicyclic) bond motifs is 1. The van der Waals surface area contributed by atoms with Gasteiger partial charge in [-0.05, 0) is 37.3 Å². The Kier molecular flexibility index (Phi) is 5.90. The molecule has 2 saturated heterocycles. The molecule has 0 radical (unpaired) electrons. The first kappa shape index (κ1) is 21.7. The largest absolute Gasteiger partial charge is 0.368 e. The van der Waals surface area contributed by atoms with Crippen LogP contribution in [0.3, 0.4) is 0 Å². The van der Waals surface area contributed by atoms with Crippen molar-refractivity contribution in [3.8, 4) is 0 Å². The highest BCUT2D eigenvalue weighted by Crippen LogP contribution is 2.33. The number of pyridine rings is 1. The second kappa shape index (κ2) is 8.99. The first-order valence-corrected chi connectivity index (χ1v) is 12.1.